The highest BCUT2D eigenvalue weighted by Crippen LogP contribution is 2.30. The minimum absolute atomic E-state index is 0.0110. The van der Waals surface area contributed by atoms with Gasteiger partial charge in [0.1, 0.15) is 6.10 Å². The van der Waals surface area contributed by atoms with Crippen molar-refractivity contribution in [3.05, 3.63) is 0 Å². The van der Waals surface area contributed by atoms with Crippen LogP contribution in [-0.2, 0) is 14.2 Å². The number of methoxy groups -OCH3 is 1. The summed E-state index contributed by atoms with van der Waals surface area (Å²) < 4.78 is 16.1. The van der Waals surface area contributed by atoms with E-state index in [4.69, 9.17) is 14.2 Å². The van der Waals surface area contributed by atoms with Crippen LogP contribution in [-0.4, -0.2) is 49.3 Å². The van der Waals surface area contributed by atoms with Gasteiger partial charge in [-0.2, -0.15) is 0 Å². The molecule has 4 heteroatoms. The number of aliphatic hydroxyl groups excluding tert-OH is 1. The van der Waals surface area contributed by atoms with Crippen LogP contribution in [0.3, 0.4) is 0 Å². The van der Waals surface area contributed by atoms with Crippen molar-refractivity contribution >= 4 is 0 Å². The number of rotatable bonds is 5. The predicted octanol–water partition coefficient (Wildman–Crippen LogP) is 0.966. The third-order valence-electron chi connectivity index (χ3n) is 2.32. The van der Waals surface area contributed by atoms with Crippen molar-refractivity contribution in [1.82, 2.24) is 0 Å². The minimum Gasteiger partial charge on any atom is -0.390 e. The van der Waals surface area contributed by atoms with Gasteiger partial charge in [-0.05, 0) is 20.8 Å². The van der Waals surface area contributed by atoms with E-state index in [1.807, 2.05) is 20.8 Å². The maximum absolute atomic E-state index is 9.53. The third-order valence-corrected chi connectivity index (χ3v) is 2.32. The molecule has 1 aliphatic rings. The number of hydrogen-bond acceptors (Lipinski definition) is 4. The lowest BCUT2D eigenvalue weighted by atomic mass is 9.87. The van der Waals surface area contributed by atoms with Crippen molar-refractivity contribution in [1.29, 1.82) is 0 Å². The van der Waals surface area contributed by atoms with Crippen molar-refractivity contribution in [3.63, 3.8) is 0 Å². The zero-order chi connectivity index (χ0) is 11.5. The Morgan fingerprint density at radius 1 is 1.27 bits per heavy atom. The number of hydrogen-bond donors (Lipinski definition) is 1. The summed E-state index contributed by atoms with van der Waals surface area (Å²) in [6.07, 6.45) is 0.0833. The first-order valence-corrected chi connectivity index (χ1v) is 5.40. The third kappa shape index (κ3) is 4.07. The SMILES string of the molecule is COCCOC1C(O)CC1OC(C)(C)C. The van der Waals surface area contributed by atoms with Gasteiger partial charge in [0.2, 0.25) is 0 Å². The number of ether oxygens (including phenoxy) is 3. The lowest BCUT2D eigenvalue weighted by molar-refractivity contribution is -0.223. The topological polar surface area (TPSA) is 47.9 Å². The Morgan fingerprint density at radius 3 is 2.40 bits per heavy atom. The second-order valence-corrected chi connectivity index (χ2v) is 4.90. The summed E-state index contributed by atoms with van der Waals surface area (Å²) in [5.74, 6) is 0. The molecular formula is C11H22O4. The van der Waals surface area contributed by atoms with Gasteiger partial charge in [-0.3, -0.25) is 0 Å². The molecule has 0 aliphatic heterocycles. The fourth-order valence-corrected chi connectivity index (χ4v) is 1.61. The van der Waals surface area contributed by atoms with Gasteiger partial charge in [-0.25, -0.2) is 0 Å². The van der Waals surface area contributed by atoms with Crippen molar-refractivity contribution < 1.29 is 19.3 Å². The Morgan fingerprint density at radius 2 is 1.93 bits per heavy atom. The van der Waals surface area contributed by atoms with Crippen molar-refractivity contribution in [2.24, 2.45) is 0 Å². The van der Waals surface area contributed by atoms with Crippen molar-refractivity contribution in [2.45, 2.75) is 51.1 Å². The summed E-state index contributed by atoms with van der Waals surface area (Å²) in [6.45, 7) is 7.06. The molecule has 0 amide bonds. The maximum atomic E-state index is 9.53. The normalized spacial score (nSPS) is 31.4. The highest BCUT2D eigenvalue weighted by molar-refractivity contribution is 4.93. The van der Waals surface area contributed by atoms with E-state index in [-0.39, 0.29) is 17.8 Å². The average molecular weight is 218 g/mol. The van der Waals surface area contributed by atoms with Gasteiger partial charge in [-0.15, -0.1) is 0 Å². The molecule has 0 aromatic rings. The van der Waals surface area contributed by atoms with Gasteiger partial charge < -0.3 is 19.3 Å². The summed E-state index contributed by atoms with van der Waals surface area (Å²) in [4.78, 5) is 0. The molecule has 0 aromatic carbocycles. The first-order valence-electron chi connectivity index (χ1n) is 5.40. The standard InChI is InChI=1S/C11H22O4/c1-11(2,3)15-9-7-8(12)10(9)14-6-5-13-4/h8-10,12H,5-7H2,1-4H3. The quantitative estimate of drug-likeness (QED) is 0.698. The highest BCUT2D eigenvalue weighted by Gasteiger charge is 2.43. The van der Waals surface area contributed by atoms with E-state index in [1.54, 1.807) is 7.11 Å². The average Bonchev–Trinajstić information content (AvgIpc) is 2.09. The fraction of sp³-hybridized carbons (Fsp3) is 1.00. The molecule has 3 unspecified atom stereocenters. The van der Waals surface area contributed by atoms with Crippen LogP contribution in [0.2, 0.25) is 0 Å². The van der Waals surface area contributed by atoms with Gasteiger partial charge >= 0.3 is 0 Å². The largest absolute Gasteiger partial charge is 0.390 e. The van der Waals surface area contributed by atoms with Crippen LogP contribution in [0.25, 0.3) is 0 Å². The molecule has 0 spiro atoms. The first kappa shape index (κ1) is 12.9. The summed E-state index contributed by atoms with van der Waals surface area (Å²) in [5.41, 5.74) is -0.187. The molecule has 1 aliphatic carbocycles. The molecule has 3 atom stereocenters. The second-order valence-electron chi connectivity index (χ2n) is 4.90. The Hall–Kier alpha value is -0.160. The zero-order valence-electron chi connectivity index (χ0n) is 10.0. The summed E-state index contributed by atoms with van der Waals surface area (Å²) in [6, 6.07) is 0. The lowest BCUT2D eigenvalue weighted by Gasteiger charge is -2.43. The summed E-state index contributed by atoms with van der Waals surface area (Å²) >= 11 is 0. The van der Waals surface area contributed by atoms with E-state index in [0.29, 0.717) is 19.6 Å². The van der Waals surface area contributed by atoms with Crippen molar-refractivity contribution in [3.8, 4) is 0 Å². The summed E-state index contributed by atoms with van der Waals surface area (Å²) in [5, 5.41) is 9.53. The van der Waals surface area contributed by atoms with Gasteiger partial charge in [0, 0.05) is 13.5 Å². The first-order chi connectivity index (χ1) is 6.94. The van der Waals surface area contributed by atoms with E-state index < -0.39 is 6.10 Å². The highest BCUT2D eigenvalue weighted by atomic mass is 16.6. The van der Waals surface area contributed by atoms with Crippen molar-refractivity contribution in [2.75, 3.05) is 20.3 Å². The van der Waals surface area contributed by atoms with Gasteiger partial charge in [-0.1, -0.05) is 0 Å². The van der Waals surface area contributed by atoms with Gasteiger partial charge in [0.15, 0.2) is 0 Å². The fourth-order valence-electron chi connectivity index (χ4n) is 1.61. The predicted molar refractivity (Wildman–Crippen MR) is 56.9 cm³/mol. The molecule has 1 fully saturated rings. The molecule has 90 valence electrons. The van der Waals surface area contributed by atoms with E-state index in [0.717, 1.165) is 0 Å². The molecule has 1 N–H and O–H groups in total. The smallest absolute Gasteiger partial charge is 0.110 e. The molecule has 0 bridgehead atoms. The maximum Gasteiger partial charge on any atom is 0.110 e. The van der Waals surface area contributed by atoms with E-state index in [9.17, 15) is 5.11 Å². The zero-order valence-corrected chi connectivity index (χ0v) is 10.0. The van der Waals surface area contributed by atoms with Crippen LogP contribution in [0.1, 0.15) is 27.2 Å². The summed E-state index contributed by atoms with van der Waals surface area (Å²) in [7, 11) is 1.63. The van der Waals surface area contributed by atoms with Crippen LogP contribution in [0.5, 0.6) is 0 Å². The van der Waals surface area contributed by atoms with Crippen LogP contribution in [0, 0.1) is 0 Å². The molecule has 1 saturated carbocycles. The number of aliphatic hydroxyl groups is 1. The van der Waals surface area contributed by atoms with Crippen LogP contribution in [0.4, 0.5) is 0 Å². The second kappa shape index (κ2) is 5.25. The van der Waals surface area contributed by atoms with Crippen LogP contribution >= 0.6 is 0 Å². The molecule has 1 rings (SSSR count). The molecule has 0 saturated heterocycles. The van der Waals surface area contributed by atoms with E-state index >= 15 is 0 Å². The molecular weight excluding hydrogens is 196 g/mol. The van der Waals surface area contributed by atoms with Gasteiger partial charge in [0.25, 0.3) is 0 Å². The Kier molecular flexibility index (Phi) is 4.52. The van der Waals surface area contributed by atoms with E-state index in [2.05, 4.69) is 0 Å². The van der Waals surface area contributed by atoms with Crippen LogP contribution in [0.15, 0.2) is 0 Å². The molecule has 4 nitrogen and oxygen atoms in total. The Bertz CT molecular complexity index is 188. The molecule has 15 heavy (non-hydrogen) atoms. The Balaban J connectivity index is 2.28. The van der Waals surface area contributed by atoms with Gasteiger partial charge in [0.05, 0.1) is 31.0 Å². The molecule has 0 heterocycles. The lowest BCUT2D eigenvalue weighted by Crippen LogP contribution is -2.55. The minimum atomic E-state index is -0.394. The Labute approximate surface area is 91.5 Å². The molecule has 0 aromatic heterocycles. The monoisotopic (exact) mass is 218 g/mol. The van der Waals surface area contributed by atoms with E-state index in [1.165, 1.54) is 0 Å². The van der Waals surface area contributed by atoms with Crippen LogP contribution < -0.4 is 0 Å². The molecule has 0 radical (unpaired) electrons.